The summed E-state index contributed by atoms with van der Waals surface area (Å²) in [5.74, 6) is 0. The van der Waals surface area contributed by atoms with Crippen LogP contribution in [-0.2, 0) is 11.2 Å². The van der Waals surface area contributed by atoms with Crippen molar-refractivity contribution in [2.24, 2.45) is 0 Å². The molecule has 1 rings (SSSR count). The third-order valence-corrected chi connectivity index (χ3v) is 3.06. The lowest BCUT2D eigenvalue weighted by molar-refractivity contribution is -0.107. The van der Waals surface area contributed by atoms with Crippen molar-refractivity contribution in [2.45, 2.75) is 19.3 Å². The van der Waals surface area contributed by atoms with E-state index in [9.17, 15) is 4.79 Å². The first kappa shape index (κ1) is 8.94. The van der Waals surface area contributed by atoms with Gasteiger partial charge in [-0.2, -0.15) is 0 Å². The van der Waals surface area contributed by atoms with E-state index in [4.69, 9.17) is 0 Å². The molecular weight excluding hydrogens is 224 g/mol. The molecule has 0 aliphatic heterocycles. The zero-order valence-electron chi connectivity index (χ0n) is 6.05. The Bertz CT molecular complexity index is 232. The molecule has 0 saturated heterocycles. The highest BCUT2D eigenvalue weighted by atomic mass is 79.9. The highest BCUT2D eigenvalue weighted by Gasteiger charge is 1.96. The minimum Gasteiger partial charge on any atom is -0.303 e. The monoisotopic (exact) mass is 232 g/mol. The van der Waals surface area contributed by atoms with Crippen molar-refractivity contribution in [1.82, 2.24) is 0 Å². The van der Waals surface area contributed by atoms with Gasteiger partial charge < -0.3 is 4.79 Å². The van der Waals surface area contributed by atoms with Gasteiger partial charge in [-0.25, -0.2) is 0 Å². The van der Waals surface area contributed by atoms with E-state index < -0.39 is 0 Å². The van der Waals surface area contributed by atoms with Crippen LogP contribution in [0.1, 0.15) is 17.7 Å². The predicted octanol–water partition coefficient (Wildman–Crippen LogP) is 3.03. The summed E-state index contributed by atoms with van der Waals surface area (Å²) in [6.07, 6.45) is 3.64. The van der Waals surface area contributed by atoms with E-state index in [-0.39, 0.29) is 0 Å². The largest absolute Gasteiger partial charge is 0.303 e. The molecule has 0 amide bonds. The van der Waals surface area contributed by atoms with E-state index >= 15 is 0 Å². The molecule has 1 aromatic rings. The van der Waals surface area contributed by atoms with Crippen molar-refractivity contribution in [2.75, 3.05) is 0 Å². The Morgan fingerprint density at radius 2 is 2.36 bits per heavy atom. The van der Waals surface area contributed by atoms with Gasteiger partial charge in [-0.15, -0.1) is 11.3 Å². The number of carbonyl (C=O) groups excluding carboxylic acids is 1. The van der Waals surface area contributed by atoms with Gasteiger partial charge >= 0.3 is 0 Å². The Morgan fingerprint density at radius 1 is 1.55 bits per heavy atom. The standard InChI is InChI=1S/C8H9BrOS/c9-8-5-4-7(11-8)3-1-2-6-10/h4-6H,1-3H2. The van der Waals surface area contributed by atoms with Gasteiger partial charge in [0.25, 0.3) is 0 Å². The zero-order chi connectivity index (χ0) is 8.10. The molecule has 3 heteroatoms. The van der Waals surface area contributed by atoms with E-state index in [2.05, 4.69) is 22.0 Å². The van der Waals surface area contributed by atoms with Gasteiger partial charge in [-0.3, -0.25) is 0 Å². The molecule has 0 N–H and O–H groups in total. The minimum atomic E-state index is 0.676. The molecule has 0 radical (unpaired) electrons. The quantitative estimate of drug-likeness (QED) is 0.577. The number of unbranched alkanes of at least 4 members (excludes halogenated alkanes) is 1. The van der Waals surface area contributed by atoms with Crippen LogP contribution in [-0.4, -0.2) is 6.29 Å². The summed E-state index contributed by atoms with van der Waals surface area (Å²) in [6.45, 7) is 0. The normalized spacial score (nSPS) is 9.91. The molecule has 1 aromatic heterocycles. The Balaban J connectivity index is 2.32. The van der Waals surface area contributed by atoms with Crippen molar-refractivity contribution in [3.8, 4) is 0 Å². The predicted molar refractivity (Wildman–Crippen MR) is 51.0 cm³/mol. The van der Waals surface area contributed by atoms with Crippen molar-refractivity contribution >= 4 is 33.6 Å². The Morgan fingerprint density at radius 3 is 2.91 bits per heavy atom. The molecule has 0 aromatic carbocycles. The van der Waals surface area contributed by atoms with E-state index in [0.29, 0.717) is 6.42 Å². The molecule has 1 heterocycles. The number of rotatable bonds is 4. The maximum Gasteiger partial charge on any atom is 0.120 e. The molecule has 0 spiro atoms. The summed E-state index contributed by atoms with van der Waals surface area (Å²) in [5.41, 5.74) is 0. The van der Waals surface area contributed by atoms with Gasteiger partial charge in [0.15, 0.2) is 0 Å². The Labute approximate surface area is 78.6 Å². The number of hydrogen-bond acceptors (Lipinski definition) is 2. The maximum absolute atomic E-state index is 9.99. The zero-order valence-corrected chi connectivity index (χ0v) is 8.45. The Kier molecular flexibility index (Phi) is 3.80. The lowest BCUT2D eigenvalue weighted by Gasteiger charge is -1.90. The van der Waals surface area contributed by atoms with Crippen molar-refractivity contribution in [3.63, 3.8) is 0 Å². The number of hydrogen-bond donors (Lipinski definition) is 0. The summed E-state index contributed by atoms with van der Waals surface area (Å²) in [6, 6.07) is 4.14. The summed E-state index contributed by atoms with van der Waals surface area (Å²) in [4.78, 5) is 11.3. The average Bonchev–Trinajstić information content (AvgIpc) is 2.37. The van der Waals surface area contributed by atoms with Crippen LogP contribution in [0, 0.1) is 0 Å². The van der Waals surface area contributed by atoms with E-state index in [0.717, 1.165) is 19.1 Å². The third kappa shape index (κ3) is 3.16. The average molecular weight is 233 g/mol. The molecule has 0 saturated carbocycles. The number of halogens is 1. The molecule has 60 valence electrons. The van der Waals surface area contributed by atoms with E-state index in [1.165, 1.54) is 8.66 Å². The number of carbonyl (C=O) groups is 1. The van der Waals surface area contributed by atoms with Crippen LogP contribution in [0.5, 0.6) is 0 Å². The fraction of sp³-hybridized carbons (Fsp3) is 0.375. The van der Waals surface area contributed by atoms with Crippen LogP contribution >= 0.6 is 27.3 Å². The van der Waals surface area contributed by atoms with Gasteiger partial charge in [-0.05, 0) is 40.9 Å². The summed E-state index contributed by atoms with van der Waals surface area (Å²) in [7, 11) is 0. The summed E-state index contributed by atoms with van der Waals surface area (Å²) in [5, 5.41) is 0. The summed E-state index contributed by atoms with van der Waals surface area (Å²) < 4.78 is 1.17. The smallest absolute Gasteiger partial charge is 0.120 e. The molecule has 0 bridgehead atoms. The van der Waals surface area contributed by atoms with Gasteiger partial charge in [0.2, 0.25) is 0 Å². The molecule has 0 fully saturated rings. The van der Waals surface area contributed by atoms with Crippen molar-refractivity contribution in [3.05, 3.63) is 20.8 Å². The van der Waals surface area contributed by atoms with E-state index in [1.807, 2.05) is 6.07 Å². The number of aldehydes is 1. The SMILES string of the molecule is O=CCCCc1ccc(Br)s1. The van der Waals surface area contributed by atoms with Crippen LogP contribution in [0.15, 0.2) is 15.9 Å². The van der Waals surface area contributed by atoms with Crippen LogP contribution in [0.2, 0.25) is 0 Å². The first-order valence-corrected chi connectivity index (χ1v) is 5.11. The van der Waals surface area contributed by atoms with Crippen molar-refractivity contribution in [1.29, 1.82) is 0 Å². The molecular formula is C8H9BrOS. The van der Waals surface area contributed by atoms with Crippen LogP contribution < -0.4 is 0 Å². The molecule has 0 aliphatic rings. The highest BCUT2D eigenvalue weighted by molar-refractivity contribution is 9.11. The molecule has 1 nitrogen and oxygen atoms in total. The van der Waals surface area contributed by atoms with Gasteiger partial charge in [-0.1, -0.05) is 0 Å². The molecule has 0 unspecified atom stereocenters. The second-order valence-electron chi connectivity index (χ2n) is 2.26. The van der Waals surface area contributed by atoms with Crippen LogP contribution in [0.4, 0.5) is 0 Å². The second kappa shape index (κ2) is 4.67. The number of aryl methyl sites for hydroxylation is 1. The van der Waals surface area contributed by atoms with Gasteiger partial charge in [0, 0.05) is 11.3 Å². The fourth-order valence-corrected chi connectivity index (χ4v) is 2.37. The lowest BCUT2D eigenvalue weighted by atomic mass is 10.2. The minimum absolute atomic E-state index is 0.676. The Hall–Kier alpha value is -0.150. The number of thiophene rings is 1. The maximum atomic E-state index is 9.99. The van der Waals surface area contributed by atoms with E-state index in [1.54, 1.807) is 11.3 Å². The molecule has 11 heavy (non-hydrogen) atoms. The third-order valence-electron chi connectivity index (χ3n) is 1.37. The first-order valence-electron chi connectivity index (χ1n) is 3.51. The first-order chi connectivity index (χ1) is 5.33. The summed E-state index contributed by atoms with van der Waals surface area (Å²) >= 11 is 5.13. The van der Waals surface area contributed by atoms with Crippen LogP contribution in [0.25, 0.3) is 0 Å². The van der Waals surface area contributed by atoms with Gasteiger partial charge in [0.1, 0.15) is 6.29 Å². The van der Waals surface area contributed by atoms with Gasteiger partial charge in [0.05, 0.1) is 3.79 Å². The highest BCUT2D eigenvalue weighted by Crippen LogP contribution is 2.23. The lowest BCUT2D eigenvalue weighted by Crippen LogP contribution is -1.80. The topological polar surface area (TPSA) is 17.1 Å². The van der Waals surface area contributed by atoms with Crippen molar-refractivity contribution < 1.29 is 4.79 Å². The van der Waals surface area contributed by atoms with Crippen LogP contribution in [0.3, 0.4) is 0 Å². The second-order valence-corrected chi connectivity index (χ2v) is 4.81. The fourth-order valence-electron chi connectivity index (χ4n) is 0.846. The molecule has 0 aliphatic carbocycles. The molecule has 0 atom stereocenters.